The number of carbonyl (C=O) groups is 3. The standard InChI is InChI=1S/C19H25N3O4/c23-16-13-21(19(26)20-16)11-5-4-10-17(24)22-12-6-9-15(22)18(25)14-7-2-1-3-8-14/h1-3,7-8,15,18,25H,4-6,9-13H2,(H,20,23,26). The van der Waals surface area contributed by atoms with Crippen LogP contribution in [0.25, 0.3) is 0 Å². The number of likely N-dealkylation sites (tertiary alicyclic amines) is 1. The average Bonchev–Trinajstić information content (AvgIpc) is 3.25. The molecule has 0 saturated carbocycles. The first-order valence-electron chi connectivity index (χ1n) is 9.17. The van der Waals surface area contributed by atoms with E-state index >= 15 is 0 Å². The van der Waals surface area contributed by atoms with E-state index in [4.69, 9.17) is 0 Å². The molecular weight excluding hydrogens is 334 g/mol. The summed E-state index contributed by atoms with van der Waals surface area (Å²) in [6, 6.07) is 8.92. The number of amides is 4. The highest BCUT2D eigenvalue weighted by atomic mass is 16.3. The molecule has 2 aliphatic rings. The summed E-state index contributed by atoms with van der Waals surface area (Å²) in [6.07, 6.45) is 2.76. The summed E-state index contributed by atoms with van der Waals surface area (Å²) in [7, 11) is 0. The molecule has 7 heteroatoms. The van der Waals surface area contributed by atoms with E-state index in [2.05, 4.69) is 5.32 Å². The summed E-state index contributed by atoms with van der Waals surface area (Å²) < 4.78 is 0. The average molecular weight is 359 g/mol. The second-order valence-corrected chi connectivity index (χ2v) is 6.88. The molecule has 2 fully saturated rings. The number of aliphatic hydroxyl groups is 1. The van der Waals surface area contributed by atoms with Crippen LogP contribution >= 0.6 is 0 Å². The van der Waals surface area contributed by atoms with Gasteiger partial charge in [0.1, 0.15) is 6.54 Å². The highest BCUT2D eigenvalue weighted by molar-refractivity contribution is 6.01. The lowest BCUT2D eigenvalue weighted by molar-refractivity contribution is -0.134. The first kappa shape index (κ1) is 18.4. The molecule has 1 aromatic carbocycles. The summed E-state index contributed by atoms with van der Waals surface area (Å²) in [5.74, 6) is -0.231. The Morgan fingerprint density at radius 3 is 2.69 bits per heavy atom. The number of aliphatic hydroxyl groups excluding tert-OH is 1. The van der Waals surface area contributed by atoms with E-state index < -0.39 is 6.10 Å². The van der Waals surface area contributed by atoms with Gasteiger partial charge < -0.3 is 14.9 Å². The Balaban J connectivity index is 1.46. The Kier molecular flexibility index (Phi) is 5.88. The van der Waals surface area contributed by atoms with Crippen LogP contribution in [0.15, 0.2) is 30.3 Å². The Bertz CT molecular complexity index is 664. The van der Waals surface area contributed by atoms with Gasteiger partial charge in [-0.25, -0.2) is 4.79 Å². The second-order valence-electron chi connectivity index (χ2n) is 6.88. The number of imide groups is 1. The van der Waals surface area contributed by atoms with Crippen LogP contribution in [0.1, 0.15) is 43.8 Å². The summed E-state index contributed by atoms with van der Waals surface area (Å²) in [6.45, 7) is 1.25. The third kappa shape index (κ3) is 4.22. The maximum atomic E-state index is 12.6. The lowest BCUT2D eigenvalue weighted by atomic mass is 10.00. The highest BCUT2D eigenvalue weighted by Crippen LogP contribution is 2.30. The molecule has 2 heterocycles. The molecule has 7 nitrogen and oxygen atoms in total. The van der Waals surface area contributed by atoms with Gasteiger partial charge in [-0.1, -0.05) is 30.3 Å². The van der Waals surface area contributed by atoms with Gasteiger partial charge in [-0.2, -0.15) is 0 Å². The fraction of sp³-hybridized carbons (Fsp3) is 0.526. The topological polar surface area (TPSA) is 90.0 Å². The van der Waals surface area contributed by atoms with E-state index in [1.165, 1.54) is 4.90 Å². The fourth-order valence-electron chi connectivity index (χ4n) is 3.69. The minimum absolute atomic E-state index is 0.0458. The minimum atomic E-state index is -0.665. The van der Waals surface area contributed by atoms with Crippen LogP contribution in [0.2, 0.25) is 0 Å². The predicted molar refractivity (Wildman–Crippen MR) is 95.1 cm³/mol. The number of nitrogens with one attached hydrogen (secondary N) is 1. The molecule has 26 heavy (non-hydrogen) atoms. The molecule has 140 valence electrons. The normalized spacial score (nSPS) is 21.2. The van der Waals surface area contributed by atoms with Crippen LogP contribution in [0, 0.1) is 0 Å². The zero-order valence-electron chi connectivity index (χ0n) is 14.8. The molecule has 0 spiro atoms. The number of urea groups is 1. The van der Waals surface area contributed by atoms with Crippen molar-refractivity contribution in [3.63, 3.8) is 0 Å². The smallest absolute Gasteiger partial charge is 0.324 e. The molecule has 2 unspecified atom stereocenters. The number of carbonyl (C=O) groups excluding carboxylic acids is 3. The molecule has 2 aliphatic heterocycles. The van der Waals surface area contributed by atoms with Crippen molar-refractivity contribution in [1.29, 1.82) is 0 Å². The summed E-state index contributed by atoms with van der Waals surface area (Å²) in [5.41, 5.74) is 0.835. The summed E-state index contributed by atoms with van der Waals surface area (Å²) in [4.78, 5) is 38.4. The van der Waals surface area contributed by atoms with Crippen molar-refractivity contribution in [1.82, 2.24) is 15.1 Å². The molecule has 0 bridgehead atoms. The van der Waals surface area contributed by atoms with E-state index in [9.17, 15) is 19.5 Å². The van der Waals surface area contributed by atoms with E-state index in [0.717, 1.165) is 18.4 Å². The Labute approximate surface area is 153 Å². The maximum Gasteiger partial charge on any atom is 0.324 e. The fourth-order valence-corrected chi connectivity index (χ4v) is 3.69. The minimum Gasteiger partial charge on any atom is -0.386 e. The molecular formula is C19H25N3O4. The predicted octanol–water partition coefficient (Wildman–Crippen LogP) is 1.43. The number of rotatable bonds is 7. The monoisotopic (exact) mass is 359 g/mol. The van der Waals surface area contributed by atoms with Gasteiger partial charge in [-0.15, -0.1) is 0 Å². The highest BCUT2D eigenvalue weighted by Gasteiger charge is 2.34. The number of unbranched alkanes of at least 4 members (excludes halogenated alkanes) is 1. The molecule has 0 aromatic heterocycles. The van der Waals surface area contributed by atoms with Gasteiger partial charge in [0.2, 0.25) is 11.8 Å². The molecule has 0 aliphatic carbocycles. The first-order chi connectivity index (χ1) is 12.6. The summed E-state index contributed by atoms with van der Waals surface area (Å²) in [5, 5.41) is 12.9. The van der Waals surface area contributed by atoms with Crippen molar-refractivity contribution in [2.75, 3.05) is 19.6 Å². The largest absolute Gasteiger partial charge is 0.386 e. The van der Waals surface area contributed by atoms with Gasteiger partial charge in [0, 0.05) is 19.5 Å². The van der Waals surface area contributed by atoms with Gasteiger partial charge in [0.05, 0.1) is 12.1 Å². The number of nitrogens with zero attached hydrogens (tertiary/aromatic N) is 2. The van der Waals surface area contributed by atoms with Gasteiger partial charge in [-0.3, -0.25) is 14.9 Å². The number of hydrogen-bond donors (Lipinski definition) is 2. The van der Waals surface area contributed by atoms with Crippen LogP contribution in [0.3, 0.4) is 0 Å². The van der Waals surface area contributed by atoms with Crippen molar-refractivity contribution < 1.29 is 19.5 Å². The third-order valence-corrected chi connectivity index (χ3v) is 5.06. The zero-order chi connectivity index (χ0) is 18.5. The Hall–Kier alpha value is -2.41. The van der Waals surface area contributed by atoms with Crippen LogP contribution in [0.5, 0.6) is 0 Å². The van der Waals surface area contributed by atoms with Crippen molar-refractivity contribution >= 4 is 17.8 Å². The molecule has 1 aromatic rings. The quantitative estimate of drug-likeness (QED) is 0.569. The third-order valence-electron chi connectivity index (χ3n) is 5.06. The van der Waals surface area contributed by atoms with Gasteiger partial charge in [-0.05, 0) is 31.2 Å². The maximum absolute atomic E-state index is 12.6. The molecule has 4 amide bonds. The summed E-state index contributed by atoms with van der Waals surface area (Å²) >= 11 is 0. The van der Waals surface area contributed by atoms with Crippen LogP contribution in [-0.4, -0.2) is 58.4 Å². The number of hydrogen-bond acceptors (Lipinski definition) is 4. The second kappa shape index (κ2) is 8.31. The van der Waals surface area contributed by atoms with Crippen LogP contribution < -0.4 is 5.32 Å². The Morgan fingerprint density at radius 2 is 2.00 bits per heavy atom. The zero-order valence-corrected chi connectivity index (χ0v) is 14.8. The van der Waals surface area contributed by atoms with Gasteiger partial charge in [0.15, 0.2) is 0 Å². The van der Waals surface area contributed by atoms with E-state index in [0.29, 0.717) is 32.4 Å². The van der Waals surface area contributed by atoms with Crippen molar-refractivity contribution in [3.05, 3.63) is 35.9 Å². The van der Waals surface area contributed by atoms with Crippen LogP contribution in [0.4, 0.5) is 4.79 Å². The van der Waals surface area contributed by atoms with Crippen molar-refractivity contribution in [2.45, 2.75) is 44.2 Å². The molecule has 0 radical (unpaired) electrons. The lowest BCUT2D eigenvalue weighted by Crippen LogP contribution is -2.39. The first-order valence-corrected chi connectivity index (χ1v) is 9.17. The van der Waals surface area contributed by atoms with Crippen LogP contribution in [-0.2, 0) is 9.59 Å². The molecule has 3 rings (SSSR count). The van der Waals surface area contributed by atoms with Gasteiger partial charge in [0.25, 0.3) is 0 Å². The molecule has 2 saturated heterocycles. The van der Waals surface area contributed by atoms with E-state index in [1.807, 2.05) is 30.3 Å². The Morgan fingerprint density at radius 1 is 1.23 bits per heavy atom. The lowest BCUT2D eigenvalue weighted by Gasteiger charge is -2.29. The number of benzene rings is 1. The van der Waals surface area contributed by atoms with Crippen molar-refractivity contribution in [3.8, 4) is 0 Å². The molecule has 2 N–H and O–H groups in total. The SMILES string of the molecule is O=C1CN(CCCCC(=O)N2CCCC2C(O)c2ccccc2)C(=O)N1. The van der Waals surface area contributed by atoms with Gasteiger partial charge >= 0.3 is 6.03 Å². The van der Waals surface area contributed by atoms with Crippen molar-refractivity contribution in [2.24, 2.45) is 0 Å². The molecule has 2 atom stereocenters. The van der Waals surface area contributed by atoms with E-state index in [-0.39, 0.29) is 30.4 Å². The van der Waals surface area contributed by atoms with E-state index in [1.54, 1.807) is 4.90 Å².